The van der Waals surface area contributed by atoms with Crippen molar-refractivity contribution < 1.29 is 9.90 Å². The van der Waals surface area contributed by atoms with Crippen LogP contribution in [0, 0.1) is 5.92 Å². The Morgan fingerprint density at radius 1 is 1.50 bits per heavy atom. The molecule has 18 heavy (non-hydrogen) atoms. The summed E-state index contributed by atoms with van der Waals surface area (Å²) in [4.78, 5) is 12.2. The summed E-state index contributed by atoms with van der Waals surface area (Å²) in [5, 5.41) is 15.4. The fourth-order valence-electron chi connectivity index (χ4n) is 2.39. The van der Waals surface area contributed by atoms with Gasteiger partial charge in [0, 0.05) is 11.3 Å². The Morgan fingerprint density at radius 2 is 2.28 bits per heavy atom. The first kappa shape index (κ1) is 13.1. The van der Waals surface area contributed by atoms with Crippen molar-refractivity contribution in [2.75, 3.05) is 11.9 Å². The molecule has 1 saturated heterocycles. The molecule has 1 aliphatic heterocycles. The first-order chi connectivity index (χ1) is 8.72. The molecule has 1 heterocycles. The van der Waals surface area contributed by atoms with Crippen LogP contribution in [0.3, 0.4) is 0 Å². The number of carbonyl (C=O) groups excluding carboxylic acids is 1. The Hall–Kier alpha value is -1.39. The topological polar surface area (TPSA) is 61.4 Å². The number of hydrogen-bond donors (Lipinski definition) is 3. The number of carbonyl (C=O) groups is 1. The van der Waals surface area contributed by atoms with E-state index in [2.05, 4.69) is 17.6 Å². The van der Waals surface area contributed by atoms with Gasteiger partial charge in [0.25, 0.3) is 0 Å². The van der Waals surface area contributed by atoms with E-state index in [4.69, 9.17) is 0 Å². The number of benzene rings is 1. The van der Waals surface area contributed by atoms with Gasteiger partial charge in [0.05, 0.1) is 12.6 Å². The summed E-state index contributed by atoms with van der Waals surface area (Å²) >= 11 is 0. The van der Waals surface area contributed by atoms with Crippen molar-refractivity contribution in [3.63, 3.8) is 0 Å². The third-order valence-electron chi connectivity index (χ3n) is 3.50. The van der Waals surface area contributed by atoms with E-state index in [1.165, 1.54) is 0 Å². The molecule has 3 N–H and O–H groups in total. The maximum absolute atomic E-state index is 12.2. The van der Waals surface area contributed by atoms with Gasteiger partial charge in [-0.1, -0.05) is 25.1 Å². The molecule has 2 rings (SSSR count). The minimum atomic E-state index is -0.134. The third-order valence-corrected chi connectivity index (χ3v) is 3.50. The molecule has 98 valence electrons. The van der Waals surface area contributed by atoms with E-state index in [1.807, 2.05) is 24.3 Å². The van der Waals surface area contributed by atoms with Crippen LogP contribution in [0.2, 0.25) is 0 Å². The highest BCUT2D eigenvalue weighted by Gasteiger charge is 2.27. The van der Waals surface area contributed by atoms with Gasteiger partial charge < -0.3 is 15.7 Å². The Balaban J connectivity index is 2.06. The molecule has 2 atom stereocenters. The van der Waals surface area contributed by atoms with Crippen LogP contribution in [0.1, 0.15) is 25.3 Å². The van der Waals surface area contributed by atoms with Crippen LogP contribution in [0.4, 0.5) is 5.69 Å². The zero-order valence-electron chi connectivity index (χ0n) is 10.6. The number of para-hydroxylation sites is 1. The van der Waals surface area contributed by atoms with Gasteiger partial charge in [-0.2, -0.15) is 0 Å². The van der Waals surface area contributed by atoms with Crippen molar-refractivity contribution in [2.45, 2.75) is 32.4 Å². The van der Waals surface area contributed by atoms with Gasteiger partial charge in [-0.15, -0.1) is 0 Å². The molecule has 4 nitrogen and oxygen atoms in total. The van der Waals surface area contributed by atoms with Crippen molar-refractivity contribution in [2.24, 2.45) is 5.92 Å². The molecule has 0 bridgehead atoms. The quantitative estimate of drug-likeness (QED) is 0.759. The minimum absolute atomic E-state index is 0.0110. The molecular formula is C14H20N2O2. The van der Waals surface area contributed by atoms with E-state index >= 15 is 0 Å². The highest BCUT2D eigenvalue weighted by atomic mass is 16.3. The molecule has 1 aromatic carbocycles. The summed E-state index contributed by atoms with van der Waals surface area (Å²) in [6.45, 7) is 2.92. The van der Waals surface area contributed by atoms with Crippen LogP contribution in [-0.2, 0) is 11.4 Å². The molecule has 0 saturated carbocycles. The van der Waals surface area contributed by atoms with Crippen molar-refractivity contribution in [3.05, 3.63) is 29.8 Å². The number of amides is 1. The van der Waals surface area contributed by atoms with Crippen LogP contribution in [0.5, 0.6) is 0 Å². The SMILES string of the molecule is CC1CCCNC1C(=O)Nc1ccccc1CO. The lowest BCUT2D eigenvalue weighted by atomic mass is 9.92. The van der Waals surface area contributed by atoms with Gasteiger partial charge in [-0.25, -0.2) is 0 Å². The second kappa shape index (κ2) is 5.98. The van der Waals surface area contributed by atoms with Crippen molar-refractivity contribution >= 4 is 11.6 Å². The van der Waals surface area contributed by atoms with Crippen LogP contribution in [0.25, 0.3) is 0 Å². The molecule has 0 spiro atoms. The van der Waals surface area contributed by atoms with Gasteiger partial charge in [-0.05, 0) is 31.4 Å². The highest BCUT2D eigenvalue weighted by molar-refractivity contribution is 5.95. The molecule has 4 heteroatoms. The number of hydrogen-bond acceptors (Lipinski definition) is 3. The number of anilines is 1. The maximum atomic E-state index is 12.2. The lowest BCUT2D eigenvalue weighted by molar-refractivity contribution is -0.119. The fourth-order valence-corrected chi connectivity index (χ4v) is 2.39. The third kappa shape index (κ3) is 2.89. The summed E-state index contributed by atoms with van der Waals surface area (Å²) in [5.41, 5.74) is 1.44. The van der Waals surface area contributed by atoms with Crippen molar-refractivity contribution in [3.8, 4) is 0 Å². The predicted octanol–water partition coefficient (Wildman–Crippen LogP) is 1.51. The molecule has 0 aromatic heterocycles. The molecule has 0 aliphatic carbocycles. The minimum Gasteiger partial charge on any atom is -0.392 e. The Kier molecular flexibility index (Phi) is 4.33. The van der Waals surface area contributed by atoms with Crippen molar-refractivity contribution in [1.29, 1.82) is 0 Å². The monoisotopic (exact) mass is 248 g/mol. The second-order valence-electron chi connectivity index (χ2n) is 4.86. The summed E-state index contributed by atoms with van der Waals surface area (Å²) in [5.74, 6) is 0.336. The van der Waals surface area contributed by atoms with Gasteiger partial charge >= 0.3 is 0 Å². The first-order valence-electron chi connectivity index (χ1n) is 6.45. The molecule has 1 fully saturated rings. The van der Waals surface area contributed by atoms with Gasteiger partial charge in [0.15, 0.2) is 0 Å². The molecule has 1 aliphatic rings. The summed E-state index contributed by atoms with van der Waals surface area (Å²) in [6.07, 6.45) is 2.20. The van der Waals surface area contributed by atoms with E-state index in [0.717, 1.165) is 24.9 Å². The molecule has 1 amide bonds. The van der Waals surface area contributed by atoms with Crippen molar-refractivity contribution in [1.82, 2.24) is 5.32 Å². The zero-order chi connectivity index (χ0) is 13.0. The second-order valence-corrected chi connectivity index (χ2v) is 4.86. The lowest BCUT2D eigenvalue weighted by Gasteiger charge is -2.29. The molecule has 1 aromatic rings. The Bertz CT molecular complexity index is 420. The van der Waals surface area contributed by atoms with E-state index in [9.17, 15) is 9.90 Å². The van der Waals surface area contributed by atoms with Gasteiger partial charge in [0.1, 0.15) is 0 Å². The van der Waals surface area contributed by atoms with Crippen LogP contribution in [-0.4, -0.2) is 23.6 Å². The smallest absolute Gasteiger partial charge is 0.241 e. The summed E-state index contributed by atoms with van der Waals surface area (Å²) in [6, 6.07) is 7.20. The van der Waals surface area contributed by atoms with E-state index in [0.29, 0.717) is 11.6 Å². The summed E-state index contributed by atoms with van der Waals surface area (Å²) in [7, 11) is 0. The number of rotatable bonds is 3. The number of aliphatic hydroxyl groups excluding tert-OH is 1. The van der Waals surface area contributed by atoms with E-state index in [1.54, 1.807) is 0 Å². The largest absolute Gasteiger partial charge is 0.392 e. The van der Waals surface area contributed by atoms with Crippen LogP contribution < -0.4 is 10.6 Å². The van der Waals surface area contributed by atoms with Gasteiger partial charge in [0.2, 0.25) is 5.91 Å². The number of nitrogens with one attached hydrogen (secondary N) is 2. The fraction of sp³-hybridized carbons (Fsp3) is 0.500. The molecule has 0 radical (unpaired) electrons. The maximum Gasteiger partial charge on any atom is 0.241 e. The Labute approximate surface area is 107 Å². The molecular weight excluding hydrogens is 228 g/mol. The predicted molar refractivity (Wildman–Crippen MR) is 71.2 cm³/mol. The number of piperidine rings is 1. The van der Waals surface area contributed by atoms with Gasteiger partial charge in [-0.3, -0.25) is 4.79 Å². The number of aliphatic hydroxyl groups is 1. The average molecular weight is 248 g/mol. The average Bonchev–Trinajstić information content (AvgIpc) is 2.39. The Morgan fingerprint density at radius 3 is 3.00 bits per heavy atom. The summed E-state index contributed by atoms with van der Waals surface area (Å²) < 4.78 is 0. The lowest BCUT2D eigenvalue weighted by Crippen LogP contribution is -2.48. The zero-order valence-corrected chi connectivity index (χ0v) is 10.6. The van der Waals surface area contributed by atoms with Crippen LogP contribution >= 0.6 is 0 Å². The van der Waals surface area contributed by atoms with E-state index < -0.39 is 0 Å². The van der Waals surface area contributed by atoms with E-state index in [-0.39, 0.29) is 18.6 Å². The first-order valence-corrected chi connectivity index (χ1v) is 6.45. The standard InChI is InChI=1S/C14H20N2O2/c1-10-5-4-8-15-13(10)14(18)16-12-7-3-2-6-11(12)9-17/h2-3,6-7,10,13,15,17H,4-5,8-9H2,1H3,(H,16,18). The van der Waals surface area contributed by atoms with Crippen LogP contribution in [0.15, 0.2) is 24.3 Å². The molecule has 2 unspecified atom stereocenters. The normalized spacial score (nSPS) is 23.7. The highest BCUT2D eigenvalue weighted by Crippen LogP contribution is 2.19.